The molecule has 6 heteroatoms. The third-order valence-corrected chi connectivity index (χ3v) is 2.71. The van der Waals surface area contributed by atoms with Crippen LogP contribution in [0.15, 0.2) is 35.3 Å². The maximum Gasteiger partial charge on any atom is 0.266 e. The van der Waals surface area contributed by atoms with E-state index >= 15 is 0 Å². The third kappa shape index (κ3) is 3.87. The molecule has 0 aromatic heterocycles. The molecule has 0 unspecified atom stereocenters. The Labute approximate surface area is 113 Å². The number of rotatable bonds is 4. The van der Waals surface area contributed by atoms with Crippen LogP contribution in [0.25, 0.3) is 0 Å². The van der Waals surface area contributed by atoms with Crippen LogP contribution in [0.2, 0.25) is 0 Å². The topological polar surface area (TPSA) is 103 Å². The fraction of sp³-hybridized carbons (Fsp3) is 0.385. The summed E-state index contributed by atoms with van der Waals surface area (Å²) in [5, 5.41) is 10.4. The molecular weight excluding hydrogens is 242 g/mol. The van der Waals surface area contributed by atoms with Gasteiger partial charge in [-0.15, -0.1) is 0 Å². The predicted molar refractivity (Wildman–Crippen MR) is 76.0 cm³/mol. The molecule has 0 bridgehead atoms. The molecule has 1 aliphatic heterocycles. The summed E-state index contributed by atoms with van der Waals surface area (Å²) in [4.78, 5) is 10.9. The normalized spacial score (nSPS) is 15.7. The van der Waals surface area contributed by atoms with E-state index in [1.54, 1.807) is 7.05 Å². The quantitative estimate of drug-likeness (QED) is 0.477. The molecule has 0 aliphatic carbocycles. The molecule has 0 radical (unpaired) electrons. The highest BCUT2D eigenvalue weighted by Gasteiger charge is 2.19. The van der Waals surface area contributed by atoms with Crippen LogP contribution in [-0.2, 0) is 4.79 Å². The second kappa shape index (κ2) is 5.60. The zero-order chi connectivity index (χ0) is 14.6. The number of carbonyl (C=O) groups is 1. The van der Waals surface area contributed by atoms with E-state index < -0.39 is 5.91 Å². The van der Waals surface area contributed by atoms with Gasteiger partial charge in [0.05, 0.1) is 11.4 Å². The fourth-order valence-electron chi connectivity index (χ4n) is 1.50. The van der Waals surface area contributed by atoms with Gasteiger partial charge in [0.25, 0.3) is 5.91 Å². The van der Waals surface area contributed by atoms with Crippen LogP contribution in [0.5, 0.6) is 0 Å². The smallest absolute Gasteiger partial charge is 0.266 e. The Balaban J connectivity index is 3.07. The highest BCUT2D eigenvalue weighted by atomic mass is 16.1. The lowest BCUT2D eigenvalue weighted by Crippen LogP contribution is -2.35. The van der Waals surface area contributed by atoms with Crippen LogP contribution in [0, 0.1) is 10.8 Å². The molecule has 0 aromatic carbocycles. The number of amides is 1. The van der Waals surface area contributed by atoms with Crippen molar-refractivity contribution in [2.24, 2.45) is 11.1 Å². The van der Waals surface area contributed by atoms with Crippen molar-refractivity contribution in [2.75, 3.05) is 7.05 Å². The first kappa shape index (κ1) is 14.8. The molecule has 104 valence electrons. The Morgan fingerprint density at radius 3 is 2.58 bits per heavy atom. The number of likely N-dealkylation sites (N-methyl/N-ethyl adjacent to an activating group) is 1. The first-order valence-corrected chi connectivity index (χ1v) is 5.97. The SMILES string of the molecule is CN/C(=C\C(=N)C(N)=O)C1=CC(C(C)(C)C)=CNN1. The zero-order valence-electron chi connectivity index (χ0n) is 11.7. The molecule has 19 heavy (non-hydrogen) atoms. The summed E-state index contributed by atoms with van der Waals surface area (Å²) >= 11 is 0. The highest BCUT2D eigenvalue weighted by molar-refractivity contribution is 6.41. The molecule has 6 N–H and O–H groups in total. The lowest BCUT2D eigenvalue weighted by Gasteiger charge is -2.26. The van der Waals surface area contributed by atoms with Crippen molar-refractivity contribution in [3.8, 4) is 0 Å². The lowest BCUT2D eigenvalue weighted by atomic mass is 9.86. The molecule has 1 aliphatic rings. The summed E-state index contributed by atoms with van der Waals surface area (Å²) < 4.78 is 0. The molecule has 1 heterocycles. The van der Waals surface area contributed by atoms with Gasteiger partial charge < -0.3 is 16.5 Å². The molecule has 0 saturated heterocycles. The van der Waals surface area contributed by atoms with Gasteiger partial charge in [-0.25, -0.2) is 0 Å². The maximum absolute atomic E-state index is 10.9. The number of hydrogen-bond donors (Lipinski definition) is 5. The van der Waals surface area contributed by atoms with E-state index in [-0.39, 0.29) is 11.1 Å². The Morgan fingerprint density at radius 1 is 1.47 bits per heavy atom. The highest BCUT2D eigenvalue weighted by Crippen LogP contribution is 2.28. The van der Waals surface area contributed by atoms with E-state index in [1.165, 1.54) is 6.08 Å². The van der Waals surface area contributed by atoms with Gasteiger partial charge in [-0.2, -0.15) is 0 Å². The van der Waals surface area contributed by atoms with E-state index in [2.05, 4.69) is 36.9 Å². The monoisotopic (exact) mass is 263 g/mol. The van der Waals surface area contributed by atoms with Crippen molar-refractivity contribution in [2.45, 2.75) is 20.8 Å². The molecule has 0 aromatic rings. The minimum Gasteiger partial charge on any atom is -0.386 e. The minimum absolute atomic E-state index is 0.00357. The number of hydrazine groups is 1. The van der Waals surface area contributed by atoms with Crippen molar-refractivity contribution in [1.82, 2.24) is 16.2 Å². The van der Waals surface area contributed by atoms with Crippen molar-refractivity contribution < 1.29 is 4.79 Å². The Bertz CT molecular complexity index is 480. The van der Waals surface area contributed by atoms with E-state index in [0.29, 0.717) is 5.70 Å². The van der Waals surface area contributed by atoms with Crippen molar-refractivity contribution in [3.63, 3.8) is 0 Å². The average molecular weight is 263 g/mol. The van der Waals surface area contributed by atoms with E-state index in [4.69, 9.17) is 11.1 Å². The first-order chi connectivity index (χ1) is 8.75. The van der Waals surface area contributed by atoms with Crippen LogP contribution < -0.4 is 21.9 Å². The van der Waals surface area contributed by atoms with Gasteiger partial charge in [-0.3, -0.25) is 15.6 Å². The van der Waals surface area contributed by atoms with Crippen LogP contribution in [0.1, 0.15) is 20.8 Å². The third-order valence-electron chi connectivity index (χ3n) is 2.71. The van der Waals surface area contributed by atoms with E-state index in [9.17, 15) is 4.79 Å². The van der Waals surface area contributed by atoms with Crippen LogP contribution in [-0.4, -0.2) is 18.7 Å². The van der Waals surface area contributed by atoms with Crippen LogP contribution >= 0.6 is 0 Å². The standard InChI is InChI=1S/C13H21N5O/c1-13(2,3)8-5-11(18-17-7-8)10(16-4)6-9(14)12(15)19/h5-7,14,16-18H,1-4H3,(H2,15,19)/b10-6-,14-9?. The molecule has 0 saturated carbocycles. The van der Waals surface area contributed by atoms with Gasteiger partial charge in [-0.05, 0) is 23.1 Å². The summed E-state index contributed by atoms with van der Waals surface area (Å²) in [6.07, 6.45) is 5.25. The predicted octanol–water partition coefficient (Wildman–Crippen LogP) is 0.516. The van der Waals surface area contributed by atoms with Gasteiger partial charge in [0.2, 0.25) is 0 Å². The average Bonchev–Trinajstić information content (AvgIpc) is 2.34. The van der Waals surface area contributed by atoms with Gasteiger partial charge in [0.1, 0.15) is 5.71 Å². The molecular formula is C13H21N5O. The second-order valence-corrected chi connectivity index (χ2v) is 5.26. The summed E-state index contributed by atoms with van der Waals surface area (Å²) in [5.74, 6) is -0.760. The summed E-state index contributed by atoms with van der Waals surface area (Å²) in [6, 6.07) is 0. The Morgan fingerprint density at radius 2 is 2.11 bits per heavy atom. The summed E-state index contributed by atoms with van der Waals surface area (Å²) in [7, 11) is 1.72. The summed E-state index contributed by atoms with van der Waals surface area (Å²) in [5.41, 5.74) is 13.2. The fourth-order valence-corrected chi connectivity index (χ4v) is 1.50. The van der Waals surface area contributed by atoms with E-state index in [1.807, 2.05) is 12.3 Å². The molecule has 0 spiro atoms. The van der Waals surface area contributed by atoms with Crippen LogP contribution in [0.3, 0.4) is 0 Å². The van der Waals surface area contributed by atoms with E-state index in [0.717, 1.165) is 11.3 Å². The zero-order valence-corrected chi connectivity index (χ0v) is 11.7. The number of allylic oxidation sites excluding steroid dienone is 2. The van der Waals surface area contributed by atoms with Crippen LogP contribution in [0.4, 0.5) is 0 Å². The second-order valence-electron chi connectivity index (χ2n) is 5.26. The van der Waals surface area contributed by atoms with Crippen molar-refractivity contribution in [1.29, 1.82) is 5.41 Å². The minimum atomic E-state index is -0.760. The number of nitrogens with two attached hydrogens (primary N) is 1. The van der Waals surface area contributed by atoms with Crippen molar-refractivity contribution >= 4 is 11.6 Å². The Hall–Kier alpha value is -2.24. The molecule has 1 rings (SSSR count). The van der Waals surface area contributed by atoms with Gasteiger partial charge >= 0.3 is 0 Å². The molecule has 0 fully saturated rings. The Kier molecular flexibility index (Phi) is 4.37. The number of primary amides is 1. The number of carbonyl (C=O) groups excluding carboxylic acids is 1. The molecule has 6 nitrogen and oxygen atoms in total. The number of hydrogen-bond acceptors (Lipinski definition) is 5. The lowest BCUT2D eigenvalue weighted by molar-refractivity contribution is -0.111. The maximum atomic E-state index is 10.9. The first-order valence-electron chi connectivity index (χ1n) is 5.97. The largest absolute Gasteiger partial charge is 0.386 e. The van der Waals surface area contributed by atoms with Gasteiger partial charge in [0, 0.05) is 13.2 Å². The van der Waals surface area contributed by atoms with Gasteiger partial charge in [0.15, 0.2) is 0 Å². The van der Waals surface area contributed by atoms with Gasteiger partial charge in [-0.1, -0.05) is 20.8 Å². The van der Waals surface area contributed by atoms with Crippen molar-refractivity contribution in [3.05, 3.63) is 35.3 Å². The molecule has 1 amide bonds. The summed E-state index contributed by atoms with van der Waals surface area (Å²) in [6.45, 7) is 6.32. The number of nitrogens with one attached hydrogen (secondary N) is 4. The molecule has 0 atom stereocenters.